The summed E-state index contributed by atoms with van der Waals surface area (Å²) >= 11 is 0.779. The van der Waals surface area contributed by atoms with Gasteiger partial charge in [-0.1, -0.05) is 11.3 Å². The molecule has 0 spiro atoms. The Balaban J connectivity index is 1.25. The number of methoxy groups -OCH3 is 1. The second-order valence-electron chi connectivity index (χ2n) is 17.5. The molecule has 1 N–H and O–H groups in total. The molecule has 6 heterocycles. The van der Waals surface area contributed by atoms with Crippen molar-refractivity contribution in [2.24, 2.45) is 0 Å². The number of alkyl halides is 1. The Bertz CT molecular complexity index is 2290. The molecule has 4 aliphatic heterocycles. The highest BCUT2D eigenvalue weighted by molar-refractivity contribution is 7.22. The van der Waals surface area contributed by atoms with E-state index in [2.05, 4.69) is 20.2 Å². The molecule has 4 saturated heterocycles. The standard InChI is InChI=1S/C40H47F4N7O6S/c1-38(2,3)56-36(52)48-35-46-29-23(11-12-24(42)32(29)58-35)25-27(43)30-26(31(54-7)28(25)44)33(47-34(45-30)55-19-40-13-8-14-50(40)16-20(41)15-40)49-17-21-9-10-22(18-49)51(21)37(53)57-39(4,5)6/h11-12,20-22H,8-10,13-19H2,1-7H3,(H,46,48,52)/t20-,21?,22?,40+/m1/s1. The number of aromatic nitrogens is 3. The first kappa shape index (κ1) is 40.1. The number of rotatable bonds is 7. The smallest absolute Gasteiger partial charge is 0.413 e. The summed E-state index contributed by atoms with van der Waals surface area (Å²) in [7, 11) is 1.24. The number of anilines is 2. The van der Waals surface area contributed by atoms with Crippen molar-refractivity contribution in [3.8, 4) is 22.9 Å². The van der Waals surface area contributed by atoms with Crippen molar-refractivity contribution in [2.45, 2.75) is 109 Å². The number of benzene rings is 2. The number of nitrogens with one attached hydrogen (secondary N) is 1. The van der Waals surface area contributed by atoms with Crippen LogP contribution in [0.4, 0.5) is 38.1 Å². The van der Waals surface area contributed by atoms with Gasteiger partial charge >= 0.3 is 18.2 Å². The van der Waals surface area contributed by atoms with Crippen molar-refractivity contribution in [2.75, 3.05) is 50.1 Å². The van der Waals surface area contributed by atoms with Crippen LogP contribution in [0.5, 0.6) is 11.8 Å². The fourth-order valence-corrected chi connectivity index (χ4v) is 9.80. The van der Waals surface area contributed by atoms with Gasteiger partial charge in [-0.05, 0) is 85.9 Å². The summed E-state index contributed by atoms with van der Waals surface area (Å²) in [6, 6.07) is 1.50. The normalized spacial score (nSPS) is 23.5. The zero-order valence-corrected chi connectivity index (χ0v) is 34.3. The highest BCUT2D eigenvalue weighted by atomic mass is 32.1. The molecule has 4 atom stereocenters. The van der Waals surface area contributed by atoms with Crippen molar-refractivity contribution in [3.63, 3.8) is 0 Å². The topological polar surface area (TPSA) is 131 Å². The molecule has 2 bridgehead atoms. The molecule has 0 aliphatic carbocycles. The van der Waals surface area contributed by atoms with Crippen LogP contribution in [0.3, 0.4) is 0 Å². The largest absolute Gasteiger partial charge is 0.493 e. The van der Waals surface area contributed by atoms with Gasteiger partial charge in [0.1, 0.15) is 41.1 Å². The SMILES string of the molecule is COc1c(F)c(-c2ccc(F)c3sc(NC(=O)OC(C)(C)C)nc23)c(F)c2nc(OC[C@@]34CCCN3C[C@H](F)C4)nc(N3CC4CCC(C3)N4C(=O)OC(C)(C)C)c12. The quantitative estimate of drug-likeness (QED) is 0.181. The third-order valence-corrected chi connectivity index (χ3v) is 12.1. The molecule has 0 saturated carbocycles. The van der Waals surface area contributed by atoms with Gasteiger partial charge in [0.15, 0.2) is 22.5 Å². The first-order valence-corrected chi connectivity index (χ1v) is 20.3. The van der Waals surface area contributed by atoms with E-state index in [9.17, 15) is 14.0 Å². The van der Waals surface area contributed by atoms with Gasteiger partial charge < -0.3 is 23.8 Å². The Morgan fingerprint density at radius 2 is 1.66 bits per heavy atom. The number of amides is 2. The molecule has 2 unspecified atom stereocenters. The van der Waals surface area contributed by atoms with E-state index in [1.165, 1.54) is 13.2 Å². The van der Waals surface area contributed by atoms with Crippen LogP contribution in [-0.4, -0.2) is 112 Å². The third kappa shape index (κ3) is 7.30. The predicted octanol–water partition coefficient (Wildman–Crippen LogP) is 8.22. The van der Waals surface area contributed by atoms with Gasteiger partial charge in [-0.25, -0.2) is 32.1 Å². The molecule has 8 rings (SSSR count). The van der Waals surface area contributed by atoms with Crippen molar-refractivity contribution < 1.29 is 46.1 Å². The van der Waals surface area contributed by atoms with Gasteiger partial charge in [-0.15, -0.1) is 0 Å². The molecular formula is C40H47F4N7O6S. The number of thiazole rings is 1. The fourth-order valence-electron chi connectivity index (χ4n) is 8.91. The number of fused-ring (bicyclic) bond motifs is 5. The van der Waals surface area contributed by atoms with Crippen LogP contribution in [0, 0.1) is 17.5 Å². The average molecular weight is 830 g/mol. The van der Waals surface area contributed by atoms with E-state index in [4.69, 9.17) is 23.9 Å². The number of carbonyl (C=O) groups excluding carboxylic acids is 2. The van der Waals surface area contributed by atoms with Crippen molar-refractivity contribution >= 4 is 55.6 Å². The summed E-state index contributed by atoms with van der Waals surface area (Å²) in [4.78, 5) is 45.2. The van der Waals surface area contributed by atoms with Gasteiger partial charge in [0.05, 0.1) is 45.9 Å². The molecular weight excluding hydrogens is 783 g/mol. The number of hydrogen-bond donors (Lipinski definition) is 1. The van der Waals surface area contributed by atoms with E-state index >= 15 is 13.2 Å². The van der Waals surface area contributed by atoms with E-state index in [1.807, 2.05) is 4.90 Å². The molecule has 13 nitrogen and oxygen atoms in total. The van der Waals surface area contributed by atoms with Crippen molar-refractivity contribution in [3.05, 3.63) is 29.6 Å². The summed E-state index contributed by atoms with van der Waals surface area (Å²) in [5.41, 5.74) is -3.26. The van der Waals surface area contributed by atoms with Crippen LogP contribution in [0.15, 0.2) is 12.1 Å². The minimum atomic E-state index is -1.11. The summed E-state index contributed by atoms with van der Waals surface area (Å²) in [5, 5.41) is 2.37. The Morgan fingerprint density at radius 1 is 0.948 bits per heavy atom. The Morgan fingerprint density at radius 3 is 2.33 bits per heavy atom. The number of halogens is 4. The zero-order chi connectivity index (χ0) is 41.5. The average Bonchev–Trinajstić information content (AvgIpc) is 3.87. The molecule has 2 aromatic heterocycles. The molecule has 0 radical (unpaired) electrons. The van der Waals surface area contributed by atoms with Gasteiger partial charge in [-0.3, -0.25) is 15.1 Å². The van der Waals surface area contributed by atoms with Gasteiger partial charge in [0, 0.05) is 31.6 Å². The van der Waals surface area contributed by atoms with Crippen molar-refractivity contribution in [1.82, 2.24) is 24.8 Å². The number of carbonyl (C=O) groups is 2. The lowest BCUT2D eigenvalue weighted by atomic mass is 9.95. The number of piperazine rings is 1. The fraction of sp³-hybridized carbons (Fsp3) is 0.575. The van der Waals surface area contributed by atoms with Crippen molar-refractivity contribution in [1.29, 1.82) is 0 Å². The highest BCUT2D eigenvalue weighted by Gasteiger charge is 2.50. The summed E-state index contributed by atoms with van der Waals surface area (Å²) in [6.45, 7) is 12.0. The molecule has 312 valence electrons. The van der Waals surface area contributed by atoms with E-state index in [1.54, 1.807) is 46.4 Å². The van der Waals surface area contributed by atoms with E-state index in [0.29, 0.717) is 25.8 Å². The highest BCUT2D eigenvalue weighted by Crippen LogP contribution is 2.47. The maximum atomic E-state index is 17.4. The van der Waals surface area contributed by atoms with E-state index < -0.39 is 58.1 Å². The predicted molar refractivity (Wildman–Crippen MR) is 210 cm³/mol. The maximum Gasteiger partial charge on any atom is 0.413 e. The third-order valence-electron chi connectivity index (χ3n) is 11.1. The van der Waals surface area contributed by atoms with Crippen LogP contribution >= 0.6 is 11.3 Å². The van der Waals surface area contributed by atoms with Gasteiger partial charge in [-0.2, -0.15) is 9.97 Å². The Hall–Kier alpha value is -4.71. The number of ether oxygens (including phenoxy) is 4. The summed E-state index contributed by atoms with van der Waals surface area (Å²) < 4.78 is 87.4. The molecule has 18 heteroatoms. The lowest BCUT2D eigenvalue weighted by Gasteiger charge is -2.42. The van der Waals surface area contributed by atoms with E-state index in [0.717, 1.165) is 30.4 Å². The minimum absolute atomic E-state index is 0.0487. The number of nitrogens with zero attached hydrogens (tertiary/aromatic N) is 6. The minimum Gasteiger partial charge on any atom is -0.493 e. The Kier molecular flexibility index (Phi) is 10.0. The zero-order valence-electron chi connectivity index (χ0n) is 33.5. The lowest BCUT2D eigenvalue weighted by molar-refractivity contribution is 0.0122. The number of hydrogen-bond acceptors (Lipinski definition) is 12. The summed E-state index contributed by atoms with van der Waals surface area (Å²) in [5.74, 6) is -3.16. The summed E-state index contributed by atoms with van der Waals surface area (Å²) in [6.07, 6.45) is 0.930. The first-order valence-electron chi connectivity index (χ1n) is 19.5. The molecule has 4 fully saturated rings. The molecule has 2 aromatic carbocycles. The second kappa shape index (κ2) is 14.5. The van der Waals surface area contributed by atoms with Gasteiger partial charge in [0.25, 0.3) is 0 Å². The first-order chi connectivity index (χ1) is 27.3. The van der Waals surface area contributed by atoms with Crippen LogP contribution in [0.1, 0.15) is 73.6 Å². The van der Waals surface area contributed by atoms with Crippen LogP contribution in [0.25, 0.3) is 32.2 Å². The van der Waals surface area contributed by atoms with Crippen LogP contribution in [-0.2, 0) is 9.47 Å². The molecule has 2 amide bonds. The Labute approximate surface area is 337 Å². The second-order valence-corrected chi connectivity index (χ2v) is 18.5. The van der Waals surface area contributed by atoms with E-state index in [-0.39, 0.29) is 87.6 Å². The van der Waals surface area contributed by atoms with Gasteiger partial charge in [0.2, 0.25) is 0 Å². The molecule has 58 heavy (non-hydrogen) atoms. The lowest BCUT2D eigenvalue weighted by Crippen LogP contribution is -2.57. The molecule has 4 aromatic rings. The maximum absolute atomic E-state index is 17.4. The molecule has 4 aliphatic rings. The van der Waals surface area contributed by atoms with Crippen LogP contribution in [0.2, 0.25) is 0 Å². The monoisotopic (exact) mass is 829 g/mol. The van der Waals surface area contributed by atoms with Crippen LogP contribution < -0.4 is 19.7 Å².